The molecular formula is C20H33N3O9S. The fourth-order valence-electron chi connectivity index (χ4n) is 2.66. The molecule has 12 nitrogen and oxygen atoms in total. The average Bonchev–Trinajstić information content (AvgIpc) is 2.79. The Morgan fingerprint density at radius 1 is 0.879 bits per heavy atom. The molecule has 0 atom stereocenters. The Morgan fingerprint density at radius 2 is 1.33 bits per heavy atom. The van der Waals surface area contributed by atoms with Gasteiger partial charge in [-0.05, 0) is 25.5 Å². The molecule has 0 saturated carbocycles. The molecule has 5 N–H and O–H groups in total. The third kappa shape index (κ3) is 11.0. The van der Waals surface area contributed by atoms with Gasteiger partial charge >= 0.3 is 0 Å². The summed E-state index contributed by atoms with van der Waals surface area (Å²) in [5.41, 5.74) is 2.48. The van der Waals surface area contributed by atoms with Crippen molar-refractivity contribution in [2.75, 3.05) is 39.6 Å². The summed E-state index contributed by atoms with van der Waals surface area (Å²) < 4.78 is 45.5. The number of hydroxylamine groups is 2. The minimum absolute atomic E-state index is 0.0345. The molecule has 0 aliphatic rings. The minimum Gasteiger partial charge on any atom is -0.379 e. The van der Waals surface area contributed by atoms with Crippen LogP contribution in [0.5, 0.6) is 0 Å². The number of benzene rings is 1. The largest absolute Gasteiger partial charge is 0.379 e. The summed E-state index contributed by atoms with van der Waals surface area (Å²) in [6, 6.07) is 6.26. The van der Waals surface area contributed by atoms with E-state index in [1.807, 2.05) is 13.8 Å². The fraction of sp³-hybridized carbons (Fsp3) is 0.600. The zero-order chi connectivity index (χ0) is 24.7. The van der Waals surface area contributed by atoms with Crippen LogP contribution < -0.4 is 15.7 Å². The van der Waals surface area contributed by atoms with Crippen molar-refractivity contribution in [1.82, 2.24) is 15.7 Å². The zero-order valence-corrected chi connectivity index (χ0v) is 19.7. The van der Waals surface area contributed by atoms with Crippen molar-refractivity contribution in [2.45, 2.75) is 43.5 Å². The van der Waals surface area contributed by atoms with Crippen LogP contribution in [0, 0.1) is 6.92 Å². The Kier molecular flexibility index (Phi) is 13.1. The molecule has 188 valence electrons. The Morgan fingerprint density at radius 3 is 1.76 bits per heavy atom. The van der Waals surface area contributed by atoms with Crippen molar-refractivity contribution in [3.63, 3.8) is 0 Å². The summed E-state index contributed by atoms with van der Waals surface area (Å²) >= 11 is 0. The smallest absolute Gasteiger partial charge is 0.245 e. The average molecular weight is 492 g/mol. The summed E-state index contributed by atoms with van der Waals surface area (Å²) in [7, 11) is -4.02. The van der Waals surface area contributed by atoms with E-state index in [4.69, 9.17) is 24.6 Å². The molecule has 0 aromatic heterocycles. The lowest BCUT2D eigenvalue weighted by Crippen LogP contribution is -2.58. The number of rotatable bonds is 17. The molecule has 0 radical (unpaired) electrons. The first-order chi connectivity index (χ1) is 15.7. The van der Waals surface area contributed by atoms with Crippen LogP contribution in [0.1, 0.15) is 31.7 Å². The van der Waals surface area contributed by atoms with Gasteiger partial charge in [0.1, 0.15) is 5.54 Å². The lowest BCUT2D eigenvalue weighted by Gasteiger charge is -2.34. The molecule has 0 spiro atoms. The maximum absolute atomic E-state index is 13.1. The number of aryl methyl sites for hydroxylation is 1. The van der Waals surface area contributed by atoms with Crippen LogP contribution in [-0.4, -0.2) is 75.8 Å². The van der Waals surface area contributed by atoms with Crippen LogP contribution in [0.4, 0.5) is 0 Å². The molecule has 0 aliphatic carbocycles. The van der Waals surface area contributed by atoms with Gasteiger partial charge in [0.25, 0.3) is 0 Å². The summed E-state index contributed by atoms with van der Waals surface area (Å²) in [5, 5.41) is 17.2. The molecule has 13 heteroatoms. The van der Waals surface area contributed by atoms with E-state index >= 15 is 0 Å². The van der Waals surface area contributed by atoms with Gasteiger partial charge < -0.3 is 14.2 Å². The topological polar surface area (TPSA) is 173 Å². The van der Waals surface area contributed by atoms with E-state index in [9.17, 15) is 18.0 Å². The van der Waals surface area contributed by atoms with Crippen LogP contribution in [0.15, 0.2) is 29.2 Å². The second kappa shape index (κ2) is 14.9. The summed E-state index contributed by atoms with van der Waals surface area (Å²) in [6.45, 7) is 3.35. The third-order valence-corrected chi connectivity index (χ3v) is 5.96. The van der Waals surface area contributed by atoms with Gasteiger partial charge in [0.05, 0.1) is 50.8 Å². The SMILES string of the molecule is CCCOCC(COCCC(=O)NO)(COCCC(=O)NO)NS(=O)(=O)c1ccc(C)cc1. The highest BCUT2D eigenvalue weighted by Gasteiger charge is 2.37. The molecule has 0 heterocycles. The summed E-state index contributed by atoms with van der Waals surface area (Å²) in [6.07, 6.45) is 0.394. The Labute approximate surface area is 193 Å². The predicted octanol–water partition coefficient (Wildman–Crippen LogP) is 0.263. The van der Waals surface area contributed by atoms with Crippen LogP contribution in [0.3, 0.4) is 0 Å². The molecule has 33 heavy (non-hydrogen) atoms. The van der Waals surface area contributed by atoms with Crippen molar-refractivity contribution in [3.05, 3.63) is 29.8 Å². The van der Waals surface area contributed by atoms with Gasteiger partial charge in [-0.15, -0.1) is 0 Å². The Bertz CT molecular complexity index is 808. The van der Waals surface area contributed by atoms with E-state index in [1.54, 1.807) is 12.1 Å². The van der Waals surface area contributed by atoms with Gasteiger partial charge in [0, 0.05) is 6.61 Å². The zero-order valence-electron chi connectivity index (χ0n) is 18.8. The Hall–Kier alpha value is -2.13. The van der Waals surface area contributed by atoms with Gasteiger partial charge in [-0.1, -0.05) is 24.6 Å². The van der Waals surface area contributed by atoms with Crippen LogP contribution in [-0.2, 0) is 33.8 Å². The standard InChI is InChI=1S/C20H33N3O9S/c1-3-10-30-13-20(14-31-11-8-18(24)21-26,15-32-12-9-19(25)22-27)23-33(28,29)17-6-4-16(2)5-7-17/h4-7,23,26-27H,3,8-15H2,1-2H3,(H,21,24)(H,22,25). The molecule has 1 aromatic rings. The van der Waals surface area contributed by atoms with Crippen molar-refractivity contribution in [2.24, 2.45) is 0 Å². The third-order valence-electron chi connectivity index (χ3n) is 4.36. The van der Waals surface area contributed by atoms with Gasteiger partial charge in [-0.3, -0.25) is 20.0 Å². The molecule has 1 rings (SSSR count). The Balaban J connectivity index is 3.07. The van der Waals surface area contributed by atoms with E-state index in [1.165, 1.54) is 23.1 Å². The first kappa shape index (κ1) is 28.9. The number of carbonyl (C=O) groups is 2. The lowest BCUT2D eigenvalue weighted by molar-refractivity contribution is -0.130. The summed E-state index contributed by atoms with van der Waals surface area (Å²) in [5.74, 6) is -1.32. The molecule has 0 unspecified atom stereocenters. The van der Waals surface area contributed by atoms with Crippen molar-refractivity contribution < 1.29 is 42.6 Å². The van der Waals surface area contributed by atoms with Crippen molar-refractivity contribution in [1.29, 1.82) is 0 Å². The molecule has 0 saturated heterocycles. The molecule has 0 bridgehead atoms. The maximum atomic E-state index is 13.1. The normalized spacial score (nSPS) is 11.9. The number of sulfonamides is 1. The highest BCUT2D eigenvalue weighted by Crippen LogP contribution is 2.17. The van der Waals surface area contributed by atoms with Gasteiger partial charge in [-0.25, -0.2) is 19.4 Å². The number of hydrogen-bond acceptors (Lipinski definition) is 9. The second-order valence-corrected chi connectivity index (χ2v) is 9.11. The number of hydrogen-bond donors (Lipinski definition) is 5. The molecule has 0 aliphatic heterocycles. The van der Waals surface area contributed by atoms with Gasteiger partial charge in [-0.2, -0.15) is 4.72 Å². The first-order valence-corrected chi connectivity index (χ1v) is 11.9. The van der Waals surface area contributed by atoms with Gasteiger partial charge in [0.2, 0.25) is 21.8 Å². The number of amides is 2. The lowest BCUT2D eigenvalue weighted by atomic mass is 10.1. The molecule has 0 fully saturated rings. The van der Waals surface area contributed by atoms with Crippen LogP contribution in [0.2, 0.25) is 0 Å². The minimum atomic E-state index is -4.02. The van der Waals surface area contributed by atoms with Crippen molar-refractivity contribution in [3.8, 4) is 0 Å². The first-order valence-electron chi connectivity index (χ1n) is 10.4. The molecule has 1 aromatic carbocycles. The van der Waals surface area contributed by atoms with E-state index in [-0.39, 0.29) is 50.8 Å². The molecular weight excluding hydrogens is 458 g/mol. The number of ether oxygens (including phenoxy) is 3. The highest BCUT2D eigenvalue weighted by atomic mass is 32.2. The fourth-order valence-corrected chi connectivity index (χ4v) is 4.02. The second-order valence-electron chi connectivity index (χ2n) is 7.43. The van der Waals surface area contributed by atoms with E-state index in [2.05, 4.69) is 4.72 Å². The summed E-state index contributed by atoms with van der Waals surface area (Å²) in [4.78, 5) is 22.5. The van der Waals surface area contributed by atoms with E-state index < -0.39 is 27.4 Å². The quantitative estimate of drug-likeness (QED) is 0.116. The van der Waals surface area contributed by atoms with E-state index in [0.29, 0.717) is 13.0 Å². The predicted molar refractivity (Wildman–Crippen MR) is 116 cm³/mol. The van der Waals surface area contributed by atoms with Crippen LogP contribution >= 0.6 is 0 Å². The van der Waals surface area contributed by atoms with Crippen LogP contribution in [0.25, 0.3) is 0 Å². The van der Waals surface area contributed by atoms with Crippen molar-refractivity contribution >= 4 is 21.8 Å². The molecule has 2 amide bonds. The number of nitrogens with one attached hydrogen (secondary N) is 3. The van der Waals surface area contributed by atoms with E-state index in [0.717, 1.165) is 5.56 Å². The number of carbonyl (C=O) groups excluding carboxylic acids is 2. The monoisotopic (exact) mass is 491 g/mol. The highest BCUT2D eigenvalue weighted by molar-refractivity contribution is 7.89. The van der Waals surface area contributed by atoms with Gasteiger partial charge in [0.15, 0.2) is 0 Å². The maximum Gasteiger partial charge on any atom is 0.245 e.